The first-order valence-corrected chi connectivity index (χ1v) is 6.24. The molecule has 0 unspecified atom stereocenters. The molecule has 0 saturated heterocycles. The number of para-hydroxylation sites is 1. The number of aromatic nitrogens is 1. The first-order chi connectivity index (χ1) is 9.74. The molecule has 3 aromatic rings. The number of nitrogens with two attached hydrogens (primary N) is 1. The molecule has 0 bridgehead atoms. The number of ether oxygens (including phenoxy) is 1. The largest absolute Gasteiger partial charge is 0.487 e. The molecular formula is C16H13FN2O. The smallest absolute Gasteiger partial charge is 0.145 e. The van der Waals surface area contributed by atoms with Crippen molar-refractivity contribution in [3.05, 3.63) is 66.1 Å². The van der Waals surface area contributed by atoms with Gasteiger partial charge in [0.1, 0.15) is 18.2 Å². The molecule has 0 saturated carbocycles. The molecule has 2 aromatic carbocycles. The molecule has 0 fully saturated rings. The minimum Gasteiger partial charge on any atom is -0.487 e. The van der Waals surface area contributed by atoms with Gasteiger partial charge in [-0.05, 0) is 24.3 Å². The molecule has 4 heteroatoms. The van der Waals surface area contributed by atoms with Crippen LogP contribution >= 0.6 is 0 Å². The van der Waals surface area contributed by atoms with E-state index in [4.69, 9.17) is 10.5 Å². The third-order valence-electron chi connectivity index (χ3n) is 3.10. The Bertz CT molecular complexity index is 753. The fourth-order valence-electron chi connectivity index (χ4n) is 2.07. The summed E-state index contributed by atoms with van der Waals surface area (Å²) >= 11 is 0. The predicted molar refractivity (Wildman–Crippen MR) is 76.9 cm³/mol. The van der Waals surface area contributed by atoms with Gasteiger partial charge in [-0.2, -0.15) is 0 Å². The Morgan fingerprint density at radius 1 is 1.10 bits per heavy atom. The summed E-state index contributed by atoms with van der Waals surface area (Å²) in [5.41, 5.74) is 8.07. The summed E-state index contributed by atoms with van der Waals surface area (Å²) in [4.78, 5) is 4.29. The number of hydrogen-bond acceptors (Lipinski definition) is 3. The molecule has 20 heavy (non-hydrogen) atoms. The maximum atomic E-state index is 13.2. The van der Waals surface area contributed by atoms with Gasteiger partial charge in [-0.15, -0.1) is 0 Å². The predicted octanol–water partition coefficient (Wildman–Crippen LogP) is 3.54. The quantitative estimate of drug-likeness (QED) is 0.739. The van der Waals surface area contributed by atoms with Crippen molar-refractivity contribution in [1.29, 1.82) is 0 Å². The Balaban J connectivity index is 1.89. The Hall–Kier alpha value is -2.62. The minimum absolute atomic E-state index is 0.316. The van der Waals surface area contributed by atoms with Gasteiger partial charge in [0.2, 0.25) is 0 Å². The molecule has 1 aromatic heterocycles. The molecule has 3 nitrogen and oxygen atoms in total. The van der Waals surface area contributed by atoms with Crippen LogP contribution in [-0.4, -0.2) is 4.98 Å². The standard InChI is InChI=1S/C16H13FN2O/c17-12-5-6-14(18)16(9-12)20-10-11-7-8-19-15-4-2-1-3-13(11)15/h1-9H,10,18H2. The van der Waals surface area contributed by atoms with Crippen molar-refractivity contribution in [2.75, 3.05) is 5.73 Å². The molecule has 0 aliphatic carbocycles. The van der Waals surface area contributed by atoms with Crippen molar-refractivity contribution in [3.8, 4) is 5.75 Å². The fourth-order valence-corrected chi connectivity index (χ4v) is 2.07. The maximum absolute atomic E-state index is 13.2. The third-order valence-corrected chi connectivity index (χ3v) is 3.10. The molecule has 0 radical (unpaired) electrons. The molecule has 3 rings (SSSR count). The van der Waals surface area contributed by atoms with E-state index in [1.54, 1.807) is 6.20 Å². The van der Waals surface area contributed by atoms with E-state index in [2.05, 4.69) is 4.98 Å². The van der Waals surface area contributed by atoms with Gasteiger partial charge < -0.3 is 10.5 Å². The highest BCUT2D eigenvalue weighted by Crippen LogP contribution is 2.24. The zero-order chi connectivity index (χ0) is 13.9. The highest BCUT2D eigenvalue weighted by molar-refractivity contribution is 5.81. The molecule has 0 amide bonds. The number of pyridine rings is 1. The normalized spacial score (nSPS) is 10.7. The van der Waals surface area contributed by atoms with E-state index < -0.39 is 0 Å². The Labute approximate surface area is 115 Å². The van der Waals surface area contributed by atoms with Crippen LogP contribution in [0.5, 0.6) is 5.75 Å². The van der Waals surface area contributed by atoms with E-state index in [0.717, 1.165) is 16.5 Å². The lowest BCUT2D eigenvalue weighted by atomic mass is 10.1. The van der Waals surface area contributed by atoms with Crippen LogP contribution in [0, 0.1) is 5.82 Å². The van der Waals surface area contributed by atoms with Crippen molar-refractivity contribution in [1.82, 2.24) is 4.98 Å². The van der Waals surface area contributed by atoms with E-state index in [0.29, 0.717) is 18.0 Å². The lowest BCUT2D eigenvalue weighted by Crippen LogP contribution is -2.00. The van der Waals surface area contributed by atoms with Gasteiger partial charge in [0.15, 0.2) is 0 Å². The number of hydrogen-bond donors (Lipinski definition) is 1. The molecule has 0 aliphatic rings. The molecule has 0 spiro atoms. The Kier molecular flexibility index (Phi) is 3.21. The monoisotopic (exact) mass is 268 g/mol. The number of nitrogens with zero attached hydrogens (tertiary/aromatic N) is 1. The number of halogens is 1. The molecule has 2 N–H and O–H groups in total. The van der Waals surface area contributed by atoms with Crippen LogP contribution in [0.15, 0.2) is 54.7 Å². The van der Waals surface area contributed by atoms with Gasteiger partial charge >= 0.3 is 0 Å². The van der Waals surface area contributed by atoms with Crippen LogP contribution in [0.2, 0.25) is 0 Å². The Morgan fingerprint density at radius 2 is 1.95 bits per heavy atom. The summed E-state index contributed by atoms with van der Waals surface area (Å²) < 4.78 is 18.8. The second kappa shape index (κ2) is 5.17. The highest BCUT2D eigenvalue weighted by Gasteiger charge is 2.05. The lowest BCUT2D eigenvalue weighted by molar-refractivity contribution is 0.308. The van der Waals surface area contributed by atoms with E-state index in [1.165, 1.54) is 18.2 Å². The average Bonchev–Trinajstić information content (AvgIpc) is 2.48. The third kappa shape index (κ3) is 2.40. The minimum atomic E-state index is -0.367. The van der Waals surface area contributed by atoms with Crippen LogP contribution in [0.25, 0.3) is 10.9 Å². The van der Waals surface area contributed by atoms with E-state index in [1.807, 2.05) is 30.3 Å². The molecule has 100 valence electrons. The lowest BCUT2D eigenvalue weighted by Gasteiger charge is -2.10. The van der Waals surface area contributed by atoms with Crippen molar-refractivity contribution < 1.29 is 9.13 Å². The van der Waals surface area contributed by atoms with Gasteiger partial charge in [-0.3, -0.25) is 4.98 Å². The van der Waals surface area contributed by atoms with Crippen molar-refractivity contribution in [2.24, 2.45) is 0 Å². The number of nitrogen functional groups attached to an aromatic ring is 1. The zero-order valence-corrected chi connectivity index (χ0v) is 10.7. The van der Waals surface area contributed by atoms with Gasteiger partial charge in [0.05, 0.1) is 11.2 Å². The van der Waals surface area contributed by atoms with Crippen LogP contribution < -0.4 is 10.5 Å². The number of anilines is 1. The van der Waals surface area contributed by atoms with Crippen molar-refractivity contribution in [3.63, 3.8) is 0 Å². The molecule has 0 atom stereocenters. The molecule has 0 aliphatic heterocycles. The number of benzene rings is 2. The SMILES string of the molecule is Nc1ccc(F)cc1OCc1ccnc2ccccc12. The van der Waals surface area contributed by atoms with E-state index in [9.17, 15) is 4.39 Å². The van der Waals surface area contributed by atoms with Crippen LogP contribution in [0.3, 0.4) is 0 Å². The summed E-state index contributed by atoms with van der Waals surface area (Å²) in [6.45, 7) is 0.316. The fraction of sp³-hybridized carbons (Fsp3) is 0.0625. The second-order valence-electron chi connectivity index (χ2n) is 4.46. The first kappa shape index (κ1) is 12.4. The number of rotatable bonds is 3. The molecular weight excluding hydrogens is 255 g/mol. The maximum Gasteiger partial charge on any atom is 0.145 e. The highest BCUT2D eigenvalue weighted by atomic mass is 19.1. The van der Waals surface area contributed by atoms with E-state index in [-0.39, 0.29) is 5.82 Å². The van der Waals surface area contributed by atoms with Gasteiger partial charge in [0.25, 0.3) is 0 Å². The summed E-state index contributed by atoms with van der Waals surface area (Å²) in [5.74, 6) is -0.0142. The van der Waals surface area contributed by atoms with E-state index >= 15 is 0 Å². The second-order valence-corrected chi connectivity index (χ2v) is 4.46. The van der Waals surface area contributed by atoms with Crippen molar-refractivity contribution >= 4 is 16.6 Å². The summed E-state index contributed by atoms with van der Waals surface area (Å²) in [5, 5.41) is 1.02. The molecule has 1 heterocycles. The van der Waals surface area contributed by atoms with Gasteiger partial charge in [-0.1, -0.05) is 18.2 Å². The van der Waals surface area contributed by atoms with Gasteiger partial charge in [-0.25, -0.2) is 4.39 Å². The summed E-state index contributed by atoms with van der Waals surface area (Å²) in [6, 6.07) is 13.8. The summed E-state index contributed by atoms with van der Waals surface area (Å²) in [6.07, 6.45) is 1.73. The van der Waals surface area contributed by atoms with Crippen LogP contribution in [0.4, 0.5) is 10.1 Å². The first-order valence-electron chi connectivity index (χ1n) is 6.24. The van der Waals surface area contributed by atoms with Crippen molar-refractivity contribution in [2.45, 2.75) is 6.61 Å². The van der Waals surface area contributed by atoms with Gasteiger partial charge in [0, 0.05) is 23.2 Å². The van der Waals surface area contributed by atoms with Crippen LogP contribution in [0.1, 0.15) is 5.56 Å². The summed E-state index contributed by atoms with van der Waals surface area (Å²) in [7, 11) is 0. The number of fused-ring (bicyclic) bond motifs is 1. The zero-order valence-electron chi connectivity index (χ0n) is 10.7. The van der Waals surface area contributed by atoms with Crippen LogP contribution in [-0.2, 0) is 6.61 Å². The average molecular weight is 268 g/mol. The Morgan fingerprint density at radius 3 is 2.85 bits per heavy atom. The topological polar surface area (TPSA) is 48.1 Å².